The molecule has 3 nitrogen and oxygen atoms in total. The number of para-hydroxylation sites is 1. The SMILES string of the molecule is CC(c1ccc(F)cc1)N(C)C(=O)c1ccnc2ccccc12. The number of aromatic nitrogens is 1. The molecule has 1 atom stereocenters. The van der Waals surface area contributed by atoms with Gasteiger partial charge in [-0.2, -0.15) is 0 Å². The third-order valence-electron chi connectivity index (χ3n) is 4.13. The summed E-state index contributed by atoms with van der Waals surface area (Å²) in [6.45, 7) is 1.93. The van der Waals surface area contributed by atoms with Crippen molar-refractivity contribution < 1.29 is 9.18 Å². The second-order valence-corrected chi connectivity index (χ2v) is 5.52. The van der Waals surface area contributed by atoms with Crippen molar-refractivity contribution in [3.8, 4) is 0 Å². The Morgan fingerprint density at radius 2 is 1.78 bits per heavy atom. The predicted molar refractivity (Wildman–Crippen MR) is 88.7 cm³/mol. The van der Waals surface area contributed by atoms with Gasteiger partial charge in [0.2, 0.25) is 0 Å². The van der Waals surface area contributed by atoms with Crippen molar-refractivity contribution in [3.05, 3.63) is 77.7 Å². The van der Waals surface area contributed by atoms with Crippen LogP contribution in [-0.4, -0.2) is 22.8 Å². The fourth-order valence-electron chi connectivity index (χ4n) is 2.61. The molecule has 0 bridgehead atoms. The first-order valence-corrected chi connectivity index (χ1v) is 7.44. The maximum Gasteiger partial charge on any atom is 0.254 e. The number of hydrogen-bond donors (Lipinski definition) is 0. The van der Waals surface area contributed by atoms with Gasteiger partial charge in [-0.15, -0.1) is 0 Å². The van der Waals surface area contributed by atoms with E-state index in [1.807, 2.05) is 31.2 Å². The summed E-state index contributed by atoms with van der Waals surface area (Å²) in [7, 11) is 1.76. The van der Waals surface area contributed by atoms with E-state index in [9.17, 15) is 9.18 Å². The van der Waals surface area contributed by atoms with Gasteiger partial charge < -0.3 is 4.90 Å². The number of benzene rings is 2. The molecule has 3 aromatic rings. The molecule has 2 aromatic carbocycles. The summed E-state index contributed by atoms with van der Waals surface area (Å²) in [4.78, 5) is 18.8. The summed E-state index contributed by atoms with van der Waals surface area (Å²) >= 11 is 0. The Hall–Kier alpha value is -2.75. The zero-order valence-corrected chi connectivity index (χ0v) is 13.0. The number of fused-ring (bicyclic) bond motifs is 1. The second kappa shape index (κ2) is 6.16. The van der Waals surface area contributed by atoms with Crippen molar-refractivity contribution in [1.82, 2.24) is 9.88 Å². The topological polar surface area (TPSA) is 33.2 Å². The minimum atomic E-state index is -0.282. The molecular weight excluding hydrogens is 291 g/mol. The van der Waals surface area contributed by atoms with Gasteiger partial charge in [0, 0.05) is 18.6 Å². The lowest BCUT2D eigenvalue weighted by Crippen LogP contribution is -2.29. The summed E-state index contributed by atoms with van der Waals surface area (Å²) in [6.07, 6.45) is 1.64. The van der Waals surface area contributed by atoms with Crippen LogP contribution in [0.5, 0.6) is 0 Å². The molecule has 0 N–H and O–H groups in total. The molecule has 1 unspecified atom stereocenters. The molecule has 0 fully saturated rings. The van der Waals surface area contributed by atoms with Crippen LogP contribution in [0.1, 0.15) is 28.9 Å². The summed E-state index contributed by atoms with van der Waals surface area (Å²) in [5.41, 5.74) is 2.30. The third kappa shape index (κ3) is 2.93. The van der Waals surface area contributed by atoms with Gasteiger partial charge in [0.05, 0.1) is 17.1 Å². The number of hydrogen-bond acceptors (Lipinski definition) is 2. The van der Waals surface area contributed by atoms with Crippen molar-refractivity contribution >= 4 is 16.8 Å². The van der Waals surface area contributed by atoms with Gasteiger partial charge in [-0.3, -0.25) is 9.78 Å². The lowest BCUT2D eigenvalue weighted by molar-refractivity contribution is 0.0744. The minimum absolute atomic E-state index is 0.0829. The molecule has 1 heterocycles. The van der Waals surface area contributed by atoms with E-state index in [1.165, 1.54) is 12.1 Å². The summed E-state index contributed by atoms with van der Waals surface area (Å²) < 4.78 is 13.1. The van der Waals surface area contributed by atoms with E-state index in [0.29, 0.717) is 5.56 Å². The Kier molecular flexibility index (Phi) is 4.06. The van der Waals surface area contributed by atoms with E-state index >= 15 is 0 Å². The minimum Gasteiger partial charge on any atom is -0.335 e. The van der Waals surface area contributed by atoms with Crippen LogP contribution in [0.3, 0.4) is 0 Å². The van der Waals surface area contributed by atoms with Crippen molar-refractivity contribution in [2.24, 2.45) is 0 Å². The fourth-order valence-corrected chi connectivity index (χ4v) is 2.61. The Labute approximate surface area is 134 Å². The fraction of sp³-hybridized carbons (Fsp3) is 0.158. The zero-order valence-electron chi connectivity index (χ0n) is 13.0. The van der Waals surface area contributed by atoms with Crippen molar-refractivity contribution in [2.75, 3.05) is 7.05 Å². The molecule has 0 aliphatic rings. The first-order chi connectivity index (χ1) is 11.1. The lowest BCUT2D eigenvalue weighted by Gasteiger charge is -2.26. The summed E-state index contributed by atoms with van der Waals surface area (Å²) in [5, 5.41) is 0.832. The van der Waals surface area contributed by atoms with E-state index in [2.05, 4.69) is 4.98 Å². The molecule has 0 saturated heterocycles. The molecule has 0 radical (unpaired) electrons. The van der Waals surface area contributed by atoms with Crippen molar-refractivity contribution in [1.29, 1.82) is 0 Å². The first kappa shape index (κ1) is 15.2. The molecule has 0 saturated carbocycles. The molecule has 116 valence electrons. The molecule has 0 spiro atoms. The zero-order chi connectivity index (χ0) is 16.4. The molecule has 1 aromatic heterocycles. The van der Waals surface area contributed by atoms with Gasteiger partial charge in [0.1, 0.15) is 5.82 Å². The number of amides is 1. The monoisotopic (exact) mass is 308 g/mol. The average molecular weight is 308 g/mol. The standard InChI is InChI=1S/C19H17FN2O/c1-13(14-7-9-15(20)10-8-14)22(2)19(23)17-11-12-21-18-6-4-3-5-16(17)18/h3-13H,1-2H3. The van der Waals surface area contributed by atoms with Gasteiger partial charge in [-0.25, -0.2) is 4.39 Å². The number of carbonyl (C=O) groups is 1. The first-order valence-electron chi connectivity index (χ1n) is 7.44. The Morgan fingerprint density at radius 1 is 1.09 bits per heavy atom. The molecule has 1 amide bonds. The Balaban J connectivity index is 1.93. The van der Waals surface area contributed by atoms with E-state index in [-0.39, 0.29) is 17.8 Å². The highest BCUT2D eigenvalue weighted by atomic mass is 19.1. The van der Waals surface area contributed by atoms with E-state index < -0.39 is 0 Å². The van der Waals surface area contributed by atoms with E-state index in [1.54, 1.807) is 36.3 Å². The van der Waals surface area contributed by atoms with Gasteiger partial charge in [-0.1, -0.05) is 30.3 Å². The van der Waals surface area contributed by atoms with Gasteiger partial charge >= 0.3 is 0 Å². The highest BCUT2D eigenvalue weighted by Crippen LogP contribution is 2.24. The quantitative estimate of drug-likeness (QED) is 0.726. The van der Waals surface area contributed by atoms with Crippen molar-refractivity contribution in [2.45, 2.75) is 13.0 Å². The molecular formula is C19H17FN2O. The van der Waals surface area contributed by atoms with Crippen LogP contribution in [0.2, 0.25) is 0 Å². The predicted octanol–water partition coefficient (Wildman–Crippen LogP) is 4.21. The summed E-state index contributed by atoms with van der Waals surface area (Å²) in [6, 6.07) is 15.4. The summed E-state index contributed by atoms with van der Waals surface area (Å²) in [5.74, 6) is -0.365. The average Bonchev–Trinajstić information content (AvgIpc) is 2.60. The molecule has 3 rings (SSSR count). The normalized spacial score (nSPS) is 12.1. The van der Waals surface area contributed by atoms with Crippen molar-refractivity contribution in [3.63, 3.8) is 0 Å². The maximum atomic E-state index is 13.1. The number of nitrogens with zero attached hydrogens (tertiary/aromatic N) is 2. The van der Waals surface area contributed by atoms with Crippen LogP contribution in [0.4, 0.5) is 4.39 Å². The molecule has 23 heavy (non-hydrogen) atoms. The Morgan fingerprint density at radius 3 is 2.52 bits per heavy atom. The van der Waals surface area contributed by atoms with Crippen LogP contribution in [0.15, 0.2) is 60.8 Å². The second-order valence-electron chi connectivity index (χ2n) is 5.52. The molecule has 4 heteroatoms. The maximum absolute atomic E-state index is 13.1. The Bertz CT molecular complexity index is 840. The van der Waals surface area contributed by atoms with Crippen LogP contribution < -0.4 is 0 Å². The molecule has 0 aliphatic carbocycles. The number of carbonyl (C=O) groups excluding carboxylic acids is 1. The highest BCUT2D eigenvalue weighted by molar-refractivity contribution is 6.05. The van der Waals surface area contributed by atoms with Gasteiger partial charge in [-0.05, 0) is 36.8 Å². The molecule has 0 aliphatic heterocycles. The smallest absolute Gasteiger partial charge is 0.254 e. The van der Waals surface area contributed by atoms with E-state index in [4.69, 9.17) is 0 Å². The number of pyridine rings is 1. The highest BCUT2D eigenvalue weighted by Gasteiger charge is 2.20. The van der Waals surface area contributed by atoms with Crippen LogP contribution in [0.25, 0.3) is 10.9 Å². The van der Waals surface area contributed by atoms with Crippen LogP contribution in [0, 0.1) is 5.82 Å². The largest absolute Gasteiger partial charge is 0.335 e. The van der Waals surface area contributed by atoms with Crippen LogP contribution >= 0.6 is 0 Å². The number of halogens is 1. The van der Waals surface area contributed by atoms with Crippen LogP contribution in [-0.2, 0) is 0 Å². The third-order valence-corrected chi connectivity index (χ3v) is 4.13. The lowest BCUT2D eigenvalue weighted by atomic mass is 10.0. The van der Waals surface area contributed by atoms with Gasteiger partial charge in [0.25, 0.3) is 5.91 Å². The number of rotatable bonds is 3. The van der Waals surface area contributed by atoms with Gasteiger partial charge in [0.15, 0.2) is 0 Å². The van der Waals surface area contributed by atoms with E-state index in [0.717, 1.165) is 16.5 Å².